The number of fused-ring (bicyclic) bond motifs is 1. The highest BCUT2D eigenvalue weighted by molar-refractivity contribution is 6.15. The minimum absolute atomic E-state index is 0.0540. The van der Waals surface area contributed by atoms with Gasteiger partial charge >= 0.3 is 0 Å². The number of anilines is 1. The van der Waals surface area contributed by atoms with Gasteiger partial charge in [0.15, 0.2) is 5.78 Å². The van der Waals surface area contributed by atoms with Crippen LogP contribution >= 0.6 is 0 Å². The van der Waals surface area contributed by atoms with Crippen LogP contribution in [0.1, 0.15) is 6.42 Å². The Morgan fingerprint density at radius 1 is 1.12 bits per heavy atom. The van der Waals surface area contributed by atoms with Crippen LogP contribution in [0.2, 0.25) is 0 Å². The van der Waals surface area contributed by atoms with Gasteiger partial charge in [-0.15, -0.1) is 0 Å². The summed E-state index contributed by atoms with van der Waals surface area (Å²) in [6.07, 6.45) is -0.0540. The van der Waals surface area contributed by atoms with Gasteiger partial charge < -0.3 is 4.90 Å². The highest BCUT2D eigenvalue weighted by Gasteiger charge is 2.28. The van der Waals surface area contributed by atoms with Crippen molar-refractivity contribution in [3.8, 4) is 0 Å². The Labute approximate surface area is 95.2 Å². The number of hydrogen-bond donors (Lipinski definition) is 2. The summed E-state index contributed by atoms with van der Waals surface area (Å²) in [6.45, 7) is 0.0899. The number of carbonyl (C=O) groups excluding carboxylic acids is 2. The number of ketones is 1. The van der Waals surface area contributed by atoms with E-state index in [0.29, 0.717) is 16.6 Å². The number of nitrogens with one attached hydrogen (secondary N) is 2. The van der Waals surface area contributed by atoms with Crippen molar-refractivity contribution in [1.82, 2.24) is 10.2 Å². The molecule has 2 N–H and O–H groups in total. The highest BCUT2D eigenvalue weighted by atomic mass is 16.2. The third-order valence-corrected chi connectivity index (χ3v) is 2.85. The molecule has 6 heteroatoms. The maximum Gasteiger partial charge on any atom is 0.271 e. The first-order chi connectivity index (χ1) is 8.15. The van der Waals surface area contributed by atoms with Crippen molar-refractivity contribution in [1.29, 1.82) is 0 Å². The van der Waals surface area contributed by atoms with Crippen LogP contribution < -0.4 is 10.5 Å². The maximum atomic E-state index is 11.6. The fourth-order valence-electron chi connectivity index (χ4n) is 2.01. The van der Waals surface area contributed by atoms with Crippen LogP contribution in [0, 0.1) is 0 Å². The van der Waals surface area contributed by atoms with E-state index < -0.39 is 0 Å². The second-order valence-electron chi connectivity index (χ2n) is 4.00. The van der Waals surface area contributed by atoms with Crippen LogP contribution in [0.15, 0.2) is 23.0 Å². The molecule has 0 atom stereocenters. The predicted octanol–water partition coefficient (Wildman–Crippen LogP) is 0.162. The molecule has 0 radical (unpaired) electrons. The van der Waals surface area contributed by atoms with Crippen molar-refractivity contribution in [2.45, 2.75) is 6.42 Å². The molecule has 2 aromatic rings. The van der Waals surface area contributed by atoms with Gasteiger partial charge in [0, 0.05) is 5.69 Å². The number of aromatic amines is 2. The molecule has 17 heavy (non-hydrogen) atoms. The molecule has 1 aliphatic heterocycles. The molecule has 0 saturated carbocycles. The second-order valence-corrected chi connectivity index (χ2v) is 4.00. The smallest absolute Gasteiger partial charge is 0.271 e. The fraction of sp³-hybridized carbons (Fsp3) is 0.182. The van der Waals surface area contributed by atoms with Crippen LogP contribution in [0.25, 0.3) is 10.9 Å². The number of aromatic nitrogens is 2. The number of rotatable bonds is 1. The zero-order valence-electron chi connectivity index (χ0n) is 8.82. The number of nitrogens with zero attached hydrogens (tertiary/aromatic N) is 1. The SMILES string of the molecule is O=C1CC(=O)N(c2ccc3[nH][nH]c(=O)c3c2)C1. The molecular weight excluding hydrogens is 222 g/mol. The van der Waals surface area contributed by atoms with E-state index in [0.717, 1.165) is 0 Å². The topological polar surface area (TPSA) is 86.0 Å². The summed E-state index contributed by atoms with van der Waals surface area (Å²) in [4.78, 5) is 35.6. The lowest BCUT2D eigenvalue weighted by Crippen LogP contribution is -2.24. The molecule has 0 aliphatic carbocycles. The van der Waals surface area contributed by atoms with Crippen LogP contribution in [0.5, 0.6) is 0 Å². The standard InChI is InChI=1S/C11H9N3O3/c15-7-4-10(16)14(5-7)6-1-2-9-8(3-6)11(17)13-12-9/h1-3H,4-5H2,(H2,12,13,17). The zero-order chi connectivity index (χ0) is 12.0. The van der Waals surface area contributed by atoms with Gasteiger partial charge in [0.25, 0.3) is 5.56 Å². The Morgan fingerprint density at radius 3 is 2.65 bits per heavy atom. The number of Topliss-reactive ketones (excluding diaryl/α,β-unsaturated/α-hetero) is 1. The van der Waals surface area contributed by atoms with Gasteiger partial charge in [-0.25, -0.2) is 0 Å². The van der Waals surface area contributed by atoms with Crippen LogP contribution in [-0.4, -0.2) is 28.4 Å². The summed E-state index contributed by atoms with van der Waals surface area (Å²) in [7, 11) is 0. The van der Waals surface area contributed by atoms with Crippen molar-refractivity contribution < 1.29 is 9.59 Å². The van der Waals surface area contributed by atoms with E-state index >= 15 is 0 Å². The first-order valence-corrected chi connectivity index (χ1v) is 5.17. The molecule has 0 bridgehead atoms. The van der Waals surface area contributed by atoms with Crippen LogP contribution in [-0.2, 0) is 9.59 Å². The highest BCUT2D eigenvalue weighted by Crippen LogP contribution is 2.22. The van der Waals surface area contributed by atoms with Crippen molar-refractivity contribution in [3.63, 3.8) is 0 Å². The third-order valence-electron chi connectivity index (χ3n) is 2.85. The summed E-state index contributed by atoms with van der Waals surface area (Å²) in [5, 5.41) is 5.66. The molecule has 0 unspecified atom stereocenters. The van der Waals surface area contributed by atoms with Crippen molar-refractivity contribution in [2.75, 3.05) is 11.4 Å². The lowest BCUT2D eigenvalue weighted by molar-refractivity contribution is -0.121. The third kappa shape index (κ3) is 1.45. The number of H-pyrrole nitrogens is 2. The minimum atomic E-state index is -0.236. The summed E-state index contributed by atoms with van der Waals surface area (Å²) in [6, 6.07) is 5.03. The van der Waals surface area contributed by atoms with Gasteiger partial charge in [-0.2, -0.15) is 0 Å². The summed E-state index contributed by atoms with van der Waals surface area (Å²) in [5.74, 6) is -0.320. The monoisotopic (exact) mass is 231 g/mol. The van der Waals surface area contributed by atoms with E-state index in [9.17, 15) is 14.4 Å². The van der Waals surface area contributed by atoms with E-state index in [1.807, 2.05) is 0 Å². The van der Waals surface area contributed by atoms with E-state index in [1.165, 1.54) is 4.90 Å². The van der Waals surface area contributed by atoms with Crippen molar-refractivity contribution >= 4 is 28.3 Å². The van der Waals surface area contributed by atoms with E-state index in [2.05, 4.69) is 10.2 Å². The largest absolute Gasteiger partial charge is 0.305 e. The molecule has 1 amide bonds. The molecule has 1 aromatic carbocycles. The minimum Gasteiger partial charge on any atom is -0.305 e. The Morgan fingerprint density at radius 2 is 1.94 bits per heavy atom. The lowest BCUT2D eigenvalue weighted by Gasteiger charge is -2.14. The van der Waals surface area contributed by atoms with Crippen LogP contribution in [0.4, 0.5) is 5.69 Å². The van der Waals surface area contributed by atoms with Gasteiger partial charge in [-0.05, 0) is 18.2 Å². The maximum absolute atomic E-state index is 11.6. The first kappa shape index (κ1) is 9.83. The molecular formula is C11H9N3O3. The molecule has 1 aliphatic rings. The molecule has 6 nitrogen and oxygen atoms in total. The Hall–Kier alpha value is -2.37. The summed E-state index contributed by atoms with van der Waals surface area (Å²) < 4.78 is 0. The molecule has 1 saturated heterocycles. The lowest BCUT2D eigenvalue weighted by atomic mass is 10.2. The number of benzene rings is 1. The second kappa shape index (κ2) is 3.31. The average molecular weight is 231 g/mol. The Bertz CT molecular complexity index is 683. The van der Waals surface area contributed by atoms with E-state index in [-0.39, 0.29) is 30.2 Å². The van der Waals surface area contributed by atoms with Crippen molar-refractivity contribution in [3.05, 3.63) is 28.6 Å². The quantitative estimate of drug-likeness (QED) is 0.685. The van der Waals surface area contributed by atoms with Gasteiger partial charge in [0.05, 0.1) is 23.9 Å². The molecule has 1 aromatic heterocycles. The summed E-state index contributed by atoms with van der Waals surface area (Å²) in [5.41, 5.74) is 1.02. The number of amides is 1. The van der Waals surface area contributed by atoms with E-state index in [1.54, 1.807) is 18.2 Å². The first-order valence-electron chi connectivity index (χ1n) is 5.17. The normalized spacial score (nSPS) is 16.1. The van der Waals surface area contributed by atoms with Gasteiger partial charge in [0.1, 0.15) is 0 Å². The van der Waals surface area contributed by atoms with Crippen LogP contribution in [0.3, 0.4) is 0 Å². The summed E-state index contributed by atoms with van der Waals surface area (Å²) >= 11 is 0. The Balaban J connectivity index is 2.12. The average Bonchev–Trinajstić information content (AvgIpc) is 2.83. The zero-order valence-corrected chi connectivity index (χ0v) is 8.82. The molecule has 2 heterocycles. The molecule has 3 rings (SSSR count). The van der Waals surface area contributed by atoms with Gasteiger partial charge in [0.2, 0.25) is 5.91 Å². The van der Waals surface area contributed by atoms with Crippen molar-refractivity contribution in [2.24, 2.45) is 0 Å². The van der Waals surface area contributed by atoms with Gasteiger partial charge in [-0.1, -0.05) is 0 Å². The fourth-order valence-corrected chi connectivity index (χ4v) is 2.01. The van der Waals surface area contributed by atoms with Gasteiger partial charge in [-0.3, -0.25) is 24.6 Å². The number of hydrogen-bond acceptors (Lipinski definition) is 3. The Kier molecular flexibility index (Phi) is 1.91. The predicted molar refractivity (Wildman–Crippen MR) is 60.9 cm³/mol. The molecule has 86 valence electrons. The number of carbonyl (C=O) groups is 2. The molecule has 1 fully saturated rings. The molecule has 0 spiro atoms. The van der Waals surface area contributed by atoms with E-state index in [4.69, 9.17) is 0 Å².